The summed E-state index contributed by atoms with van der Waals surface area (Å²) in [6.45, 7) is -0.657. The quantitative estimate of drug-likeness (QED) is 0.721. The van der Waals surface area contributed by atoms with Crippen molar-refractivity contribution < 1.29 is 9.50 Å². The Morgan fingerprint density at radius 3 is 3.08 bits per heavy atom. The molecule has 1 rings (SSSR count). The predicted octanol–water partition coefficient (Wildman–Crippen LogP) is 0.690. The molecule has 0 fully saturated rings. The van der Waals surface area contributed by atoms with Gasteiger partial charge in [0.1, 0.15) is 24.5 Å². The normalized spacial score (nSPS) is 12.4. The number of aliphatic hydroxyl groups excluding tert-OH is 1. The van der Waals surface area contributed by atoms with Crippen LogP contribution in [-0.2, 0) is 6.54 Å². The van der Waals surface area contributed by atoms with Crippen LogP contribution >= 0.6 is 0 Å². The van der Waals surface area contributed by atoms with Gasteiger partial charge in [-0.25, -0.2) is 4.39 Å². The van der Waals surface area contributed by atoms with Crippen LogP contribution in [0.2, 0.25) is 0 Å². The van der Waals surface area contributed by atoms with Crippen molar-refractivity contribution in [3.8, 4) is 6.07 Å². The molecule has 0 aliphatic heterocycles. The highest BCUT2D eigenvalue weighted by Gasteiger charge is 2.06. The Balaban J connectivity index is 2.69. The number of aliphatic hydroxyl groups is 1. The molecule has 1 N–H and O–H groups in total. The van der Waals surface area contributed by atoms with Gasteiger partial charge in [0.15, 0.2) is 0 Å². The lowest BCUT2D eigenvalue weighted by Crippen LogP contribution is -2.18. The zero-order chi connectivity index (χ0) is 8.97. The minimum absolute atomic E-state index is 0.131. The van der Waals surface area contributed by atoms with Crippen LogP contribution in [0.25, 0.3) is 0 Å². The van der Waals surface area contributed by atoms with Crippen LogP contribution in [0, 0.1) is 11.3 Å². The molecule has 3 nitrogen and oxygen atoms in total. The van der Waals surface area contributed by atoms with Crippen LogP contribution in [0.3, 0.4) is 0 Å². The van der Waals surface area contributed by atoms with E-state index in [1.54, 1.807) is 18.3 Å². The molecule has 0 aliphatic carbocycles. The second-order valence-electron chi connectivity index (χ2n) is 2.47. The Bertz CT molecular complexity index is 289. The van der Waals surface area contributed by atoms with E-state index >= 15 is 0 Å². The van der Waals surface area contributed by atoms with Crippen LogP contribution in [0.5, 0.6) is 0 Å². The fourth-order valence-electron chi connectivity index (χ4n) is 0.951. The molecule has 1 atom stereocenters. The highest BCUT2D eigenvalue weighted by atomic mass is 19.1. The van der Waals surface area contributed by atoms with E-state index in [0.717, 1.165) is 0 Å². The molecule has 1 heterocycles. The zero-order valence-electron chi connectivity index (χ0n) is 6.44. The fourth-order valence-corrected chi connectivity index (χ4v) is 0.951. The van der Waals surface area contributed by atoms with E-state index in [-0.39, 0.29) is 6.54 Å². The van der Waals surface area contributed by atoms with Gasteiger partial charge in [-0.05, 0) is 12.1 Å². The third kappa shape index (κ3) is 1.83. The molecular formula is C8H9FN2O. The highest BCUT2D eigenvalue weighted by molar-refractivity contribution is 5.21. The summed E-state index contributed by atoms with van der Waals surface area (Å²) < 4.78 is 13.4. The van der Waals surface area contributed by atoms with Crippen molar-refractivity contribution in [3.63, 3.8) is 0 Å². The van der Waals surface area contributed by atoms with E-state index in [9.17, 15) is 4.39 Å². The van der Waals surface area contributed by atoms with E-state index < -0.39 is 12.8 Å². The molecule has 0 amide bonds. The number of hydrogen-bond donors (Lipinski definition) is 1. The molecule has 1 aromatic heterocycles. The van der Waals surface area contributed by atoms with Crippen LogP contribution < -0.4 is 0 Å². The Morgan fingerprint density at radius 2 is 2.50 bits per heavy atom. The maximum Gasteiger partial charge on any atom is 0.120 e. The lowest BCUT2D eigenvalue weighted by molar-refractivity contribution is 0.122. The first-order valence-corrected chi connectivity index (χ1v) is 3.57. The summed E-state index contributed by atoms with van der Waals surface area (Å²) in [7, 11) is 0. The van der Waals surface area contributed by atoms with Crippen LogP contribution in [0.4, 0.5) is 4.39 Å². The first-order chi connectivity index (χ1) is 5.77. The van der Waals surface area contributed by atoms with Crippen LogP contribution in [0.15, 0.2) is 18.3 Å². The van der Waals surface area contributed by atoms with Gasteiger partial charge in [-0.2, -0.15) is 5.26 Å². The summed E-state index contributed by atoms with van der Waals surface area (Å²) in [5.74, 6) is 0. The van der Waals surface area contributed by atoms with Gasteiger partial charge in [-0.15, -0.1) is 0 Å². The van der Waals surface area contributed by atoms with Gasteiger partial charge < -0.3 is 9.67 Å². The molecular weight excluding hydrogens is 159 g/mol. The van der Waals surface area contributed by atoms with Crippen molar-refractivity contribution in [3.05, 3.63) is 24.0 Å². The molecule has 0 saturated heterocycles. The number of aromatic nitrogens is 1. The molecule has 64 valence electrons. The monoisotopic (exact) mass is 168 g/mol. The minimum Gasteiger partial charge on any atom is -0.389 e. The summed E-state index contributed by atoms with van der Waals surface area (Å²) in [4.78, 5) is 0. The van der Waals surface area contributed by atoms with Crippen molar-refractivity contribution in [1.29, 1.82) is 5.26 Å². The average Bonchev–Trinajstić information content (AvgIpc) is 2.51. The van der Waals surface area contributed by atoms with E-state index in [4.69, 9.17) is 10.4 Å². The topological polar surface area (TPSA) is 49.0 Å². The van der Waals surface area contributed by atoms with Crippen LogP contribution in [0.1, 0.15) is 5.69 Å². The minimum atomic E-state index is -1.02. The van der Waals surface area contributed by atoms with E-state index in [1.165, 1.54) is 4.57 Å². The summed E-state index contributed by atoms with van der Waals surface area (Å²) in [6.07, 6.45) is 0.613. The molecule has 0 aromatic carbocycles. The van der Waals surface area contributed by atoms with Crippen molar-refractivity contribution in [2.45, 2.75) is 12.6 Å². The van der Waals surface area contributed by atoms with Gasteiger partial charge in [0.05, 0.1) is 6.54 Å². The van der Waals surface area contributed by atoms with Gasteiger partial charge in [0, 0.05) is 6.20 Å². The largest absolute Gasteiger partial charge is 0.389 e. The Kier molecular flexibility index (Phi) is 2.83. The number of hydrogen-bond acceptors (Lipinski definition) is 2. The van der Waals surface area contributed by atoms with Crippen molar-refractivity contribution in [2.75, 3.05) is 6.67 Å². The second kappa shape index (κ2) is 3.88. The Hall–Kier alpha value is -1.34. The number of rotatable bonds is 3. The Morgan fingerprint density at radius 1 is 1.75 bits per heavy atom. The first kappa shape index (κ1) is 8.75. The molecule has 0 spiro atoms. The molecule has 0 aliphatic rings. The van der Waals surface area contributed by atoms with Crippen molar-refractivity contribution in [1.82, 2.24) is 4.57 Å². The predicted molar refractivity (Wildman–Crippen MR) is 41.1 cm³/mol. The molecule has 4 heteroatoms. The number of nitrogens with zero attached hydrogens (tertiary/aromatic N) is 2. The third-order valence-corrected chi connectivity index (χ3v) is 1.53. The standard InChI is InChI=1S/C8H9FN2O/c9-4-8(12)6-11-3-1-2-7(11)5-10/h1-3,8,12H,4,6H2. The molecule has 1 unspecified atom stereocenters. The highest BCUT2D eigenvalue weighted by Crippen LogP contribution is 2.02. The van der Waals surface area contributed by atoms with Crippen molar-refractivity contribution >= 4 is 0 Å². The van der Waals surface area contributed by atoms with Crippen LogP contribution in [-0.4, -0.2) is 22.5 Å². The average molecular weight is 168 g/mol. The SMILES string of the molecule is N#Cc1cccn1CC(O)CF. The third-order valence-electron chi connectivity index (χ3n) is 1.53. The number of nitriles is 1. The molecule has 12 heavy (non-hydrogen) atoms. The van der Waals surface area contributed by atoms with Gasteiger partial charge in [-0.3, -0.25) is 0 Å². The number of alkyl halides is 1. The Labute approximate surface area is 69.7 Å². The van der Waals surface area contributed by atoms with Gasteiger partial charge in [-0.1, -0.05) is 0 Å². The smallest absolute Gasteiger partial charge is 0.120 e. The first-order valence-electron chi connectivity index (χ1n) is 3.57. The maximum atomic E-state index is 11.9. The maximum absolute atomic E-state index is 11.9. The molecule has 0 saturated carbocycles. The van der Waals surface area contributed by atoms with E-state index in [1.807, 2.05) is 6.07 Å². The zero-order valence-corrected chi connectivity index (χ0v) is 6.44. The lowest BCUT2D eigenvalue weighted by Gasteiger charge is -2.07. The second-order valence-corrected chi connectivity index (χ2v) is 2.47. The fraction of sp³-hybridized carbons (Fsp3) is 0.375. The molecule has 0 bridgehead atoms. The van der Waals surface area contributed by atoms with E-state index in [2.05, 4.69) is 0 Å². The van der Waals surface area contributed by atoms with Gasteiger partial charge in [0.25, 0.3) is 0 Å². The van der Waals surface area contributed by atoms with E-state index in [0.29, 0.717) is 5.69 Å². The summed E-state index contributed by atoms with van der Waals surface area (Å²) in [5.41, 5.74) is 0.433. The summed E-state index contributed by atoms with van der Waals surface area (Å²) in [5, 5.41) is 17.5. The van der Waals surface area contributed by atoms with Crippen molar-refractivity contribution in [2.24, 2.45) is 0 Å². The number of halogens is 1. The molecule has 1 aromatic rings. The summed E-state index contributed by atoms with van der Waals surface area (Å²) in [6, 6.07) is 5.23. The summed E-state index contributed by atoms with van der Waals surface area (Å²) >= 11 is 0. The molecule has 0 radical (unpaired) electrons. The lowest BCUT2D eigenvalue weighted by atomic mass is 10.4. The van der Waals surface area contributed by atoms with Gasteiger partial charge >= 0.3 is 0 Å². The van der Waals surface area contributed by atoms with Gasteiger partial charge in [0.2, 0.25) is 0 Å².